The number of pyridine rings is 1. The molecule has 41 heavy (non-hydrogen) atoms. The summed E-state index contributed by atoms with van der Waals surface area (Å²) in [6.45, 7) is 4.51. The number of halogens is 3. The molecule has 11 nitrogen and oxygen atoms in total. The van der Waals surface area contributed by atoms with Gasteiger partial charge in [0.1, 0.15) is 17.9 Å². The molecule has 1 saturated carbocycles. The Morgan fingerprint density at radius 3 is 2.44 bits per heavy atom. The molecule has 1 N–H and O–H groups in total. The normalized spacial score (nSPS) is 14.8. The molecule has 0 aliphatic heterocycles. The third kappa shape index (κ3) is 5.62. The number of hydrogen-bond acceptors (Lipinski definition) is 10. The van der Waals surface area contributed by atoms with E-state index in [0.29, 0.717) is 21.5 Å². The van der Waals surface area contributed by atoms with E-state index in [4.69, 9.17) is 0 Å². The first kappa shape index (κ1) is 28.5. The number of hydrogen-bond donors (Lipinski definition) is 1. The molecule has 0 unspecified atom stereocenters. The lowest BCUT2D eigenvalue weighted by Crippen LogP contribution is -2.36. The maximum Gasteiger partial charge on any atom is 0.409 e. The van der Waals surface area contributed by atoms with Crippen molar-refractivity contribution in [2.75, 3.05) is 11.1 Å². The van der Waals surface area contributed by atoms with Crippen molar-refractivity contribution in [1.29, 1.82) is 0 Å². The average Bonchev–Trinajstić information content (AvgIpc) is 3.78. The Morgan fingerprint density at radius 1 is 1.07 bits per heavy atom. The van der Waals surface area contributed by atoms with E-state index < -0.39 is 34.0 Å². The van der Waals surface area contributed by atoms with Gasteiger partial charge >= 0.3 is 6.18 Å². The highest BCUT2D eigenvalue weighted by Gasteiger charge is 2.42. The zero-order valence-electron chi connectivity index (χ0n) is 22.5. The molecule has 0 saturated heterocycles. The molecule has 0 radical (unpaired) electrons. The molecule has 15 heteroatoms. The van der Waals surface area contributed by atoms with Gasteiger partial charge in [0.25, 0.3) is 5.56 Å². The van der Waals surface area contributed by atoms with E-state index >= 15 is 0 Å². The van der Waals surface area contributed by atoms with Gasteiger partial charge in [0.2, 0.25) is 0 Å². The zero-order chi connectivity index (χ0) is 29.5. The van der Waals surface area contributed by atoms with Crippen LogP contribution in [-0.4, -0.2) is 54.8 Å². The van der Waals surface area contributed by atoms with Gasteiger partial charge in [-0.1, -0.05) is 13.8 Å². The van der Waals surface area contributed by atoms with Crippen LogP contribution in [0, 0.1) is 6.92 Å². The van der Waals surface area contributed by atoms with E-state index in [2.05, 4.69) is 35.2 Å². The summed E-state index contributed by atoms with van der Waals surface area (Å²) < 4.78 is 67.3. The topological polar surface area (TPSA) is 146 Å². The van der Waals surface area contributed by atoms with Crippen molar-refractivity contribution in [2.45, 2.75) is 69.6 Å². The molecule has 5 rings (SSSR count). The minimum atomic E-state index is -4.75. The van der Waals surface area contributed by atoms with Gasteiger partial charge < -0.3 is 5.32 Å². The molecule has 4 aromatic rings. The van der Waals surface area contributed by atoms with Crippen molar-refractivity contribution >= 4 is 26.8 Å². The fourth-order valence-electron chi connectivity index (χ4n) is 4.56. The van der Waals surface area contributed by atoms with Crippen molar-refractivity contribution in [2.24, 2.45) is 0 Å². The Kier molecular flexibility index (Phi) is 7.48. The summed E-state index contributed by atoms with van der Waals surface area (Å²) in [4.78, 5) is 39.3. The van der Waals surface area contributed by atoms with Gasteiger partial charge in [0.15, 0.2) is 27.1 Å². The zero-order valence-corrected chi connectivity index (χ0v) is 23.3. The number of aryl methyl sites for hydroxylation is 1. The highest BCUT2D eigenvalue weighted by molar-refractivity contribution is 7.91. The molecule has 0 spiro atoms. The summed E-state index contributed by atoms with van der Waals surface area (Å²) in [6, 6.07) is 0.666. The van der Waals surface area contributed by atoms with Gasteiger partial charge in [-0.25, -0.2) is 33.3 Å². The lowest BCUT2D eigenvalue weighted by Gasteiger charge is -2.23. The second-order valence-electron chi connectivity index (χ2n) is 9.74. The predicted octanol–water partition coefficient (Wildman–Crippen LogP) is 4.14. The summed E-state index contributed by atoms with van der Waals surface area (Å²) in [7, 11) is -3.45. The number of nitrogens with zero attached hydrogens (tertiary/aromatic N) is 7. The second kappa shape index (κ2) is 10.8. The van der Waals surface area contributed by atoms with Crippen molar-refractivity contribution in [3.63, 3.8) is 0 Å². The second-order valence-corrected chi connectivity index (χ2v) is 12.0. The summed E-state index contributed by atoms with van der Waals surface area (Å²) in [5.41, 5.74) is 0.914. The van der Waals surface area contributed by atoms with Crippen LogP contribution in [0.5, 0.6) is 0 Å². The van der Waals surface area contributed by atoms with Crippen molar-refractivity contribution < 1.29 is 21.6 Å². The molecule has 1 fully saturated rings. The summed E-state index contributed by atoms with van der Waals surface area (Å²) >= 11 is 0. The SMILES string of the molecule is CC[C@@H](n1c(=O)c(NCc2ccc(S(=O)(=O)CC)cn2)nc2cnc(-c3c(C)ncnc3C3CC3)nc21)C(F)(F)F. The number of rotatable bonds is 9. The molecule has 4 heterocycles. The number of fused-ring (bicyclic) bond motifs is 1. The molecular weight excluding hydrogens is 561 g/mol. The number of nitrogens with one attached hydrogen (secondary N) is 1. The van der Waals surface area contributed by atoms with Crippen molar-refractivity contribution in [3.05, 3.63) is 58.3 Å². The first-order valence-electron chi connectivity index (χ1n) is 13.0. The molecular formula is C26H27F3N8O3S. The molecule has 0 bridgehead atoms. The Morgan fingerprint density at radius 2 is 1.83 bits per heavy atom. The lowest BCUT2D eigenvalue weighted by molar-refractivity contribution is -0.168. The molecule has 1 aliphatic carbocycles. The van der Waals surface area contributed by atoms with Gasteiger partial charge in [-0.05, 0) is 38.3 Å². The van der Waals surface area contributed by atoms with Gasteiger partial charge in [0, 0.05) is 12.1 Å². The quantitative estimate of drug-likeness (QED) is 0.303. The Labute approximate surface area is 233 Å². The van der Waals surface area contributed by atoms with Crippen LogP contribution < -0.4 is 10.9 Å². The van der Waals surface area contributed by atoms with Gasteiger partial charge in [0.05, 0.1) is 46.0 Å². The molecule has 216 valence electrons. The Bertz CT molecular complexity index is 1770. The highest BCUT2D eigenvalue weighted by atomic mass is 32.2. The first-order valence-corrected chi connectivity index (χ1v) is 14.7. The fraction of sp³-hybridized carbons (Fsp3) is 0.423. The van der Waals surface area contributed by atoms with Crippen LogP contribution in [0.1, 0.15) is 62.2 Å². The summed E-state index contributed by atoms with van der Waals surface area (Å²) in [6.07, 6.45) is 0.601. The van der Waals surface area contributed by atoms with Crippen molar-refractivity contribution in [1.82, 2.24) is 34.5 Å². The van der Waals surface area contributed by atoms with Crippen LogP contribution in [0.25, 0.3) is 22.6 Å². The largest absolute Gasteiger partial charge is 0.409 e. The van der Waals surface area contributed by atoms with Crippen LogP contribution in [-0.2, 0) is 16.4 Å². The van der Waals surface area contributed by atoms with E-state index in [1.54, 1.807) is 6.92 Å². The third-order valence-corrected chi connectivity index (χ3v) is 8.66. The van der Waals surface area contributed by atoms with Crippen LogP contribution in [0.2, 0.25) is 0 Å². The van der Waals surface area contributed by atoms with E-state index in [0.717, 1.165) is 18.5 Å². The number of aromatic nitrogens is 7. The average molecular weight is 589 g/mol. The molecule has 1 aliphatic rings. The van der Waals surface area contributed by atoms with Crippen LogP contribution >= 0.6 is 0 Å². The molecule has 0 aromatic carbocycles. The lowest BCUT2D eigenvalue weighted by atomic mass is 10.1. The number of sulfone groups is 1. The van der Waals surface area contributed by atoms with E-state index in [1.807, 2.05) is 0 Å². The standard InChI is InChI=1S/C26H27F3N8O3S/c1-4-19(26(27,28)29)37-24-18(12-32-22(36-24)20-14(3)33-13-34-21(20)15-6-7-15)35-23(25(37)38)31-10-16-8-9-17(11-30-16)41(39,40)5-2/h8-9,11-13,15,19H,4-7,10H2,1-3H3,(H,31,35)/t19-/m1/s1. The Balaban J connectivity index is 1.60. The number of anilines is 1. The minimum Gasteiger partial charge on any atom is -0.360 e. The van der Waals surface area contributed by atoms with Gasteiger partial charge in [-0.15, -0.1) is 0 Å². The van der Waals surface area contributed by atoms with E-state index in [-0.39, 0.29) is 45.9 Å². The Hall–Kier alpha value is -4.01. The van der Waals surface area contributed by atoms with Crippen molar-refractivity contribution in [3.8, 4) is 11.4 Å². The monoisotopic (exact) mass is 588 g/mol. The summed E-state index contributed by atoms with van der Waals surface area (Å²) in [5, 5.41) is 2.75. The first-order chi connectivity index (χ1) is 19.4. The maximum atomic E-state index is 14.2. The molecule has 1 atom stereocenters. The van der Waals surface area contributed by atoms with Crippen LogP contribution in [0.4, 0.5) is 19.0 Å². The minimum absolute atomic E-state index is 0.0154. The maximum absolute atomic E-state index is 14.2. The smallest absolute Gasteiger partial charge is 0.360 e. The van der Waals surface area contributed by atoms with Gasteiger partial charge in [-0.3, -0.25) is 14.3 Å². The van der Waals surface area contributed by atoms with Crippen LogP contribution in [0.15, 0.2) is 40.5 Å². The predicted molar refractivity (Wildman–Crippen MR) is 144 cm³/mol. The summed E-state index contributed by atoms with van der Waals surface area (Å²) in [5.74, 6) is -0.119. The van der Waals surface area contributed by atoms with Crippen LogP contribution in [0.3, 0.4) is 0 Å². The number of alkyl halides is 3. The molecule has 0 amide bonds. The highest BCUT2D eigenvalue weighted by Crippen LogP contribution is 2.43. The van der Waals surface area contributed by atoms with Gasteiger partial charge in [-0.2, -0.15) is 13.2 Å². The molecule has 4 aromatic heterocycles. The van der Waals surface area contributed by atoms with E-state index in [9.17, 15) is 26.4 Å². The van der Waals surface area contributed by atoms with E-state index in [1.165, 1.54) is 44.7 Å². The third-order valence-electron chi connectivity index (χ3n) is 6.94. The fourth-order valence-corrected chi connectivity index (χ4v) is 5.38.